The highest BCUT2D eigenvalue weighted by Gasteiger charge is 2.16. The monoisotopic (exact) mass is 349 g/mol. The second kappa shape index (κ2) is 7.13. The highest BCUT2D eigenvalue weighted by molar-refractivity contribution is 9.10. The van der Waals surface area contributed by atoms with Gasteiger partial charge in [0.2, 0.25) is 0 Å². The lowest BCUT2D eigenvalue weighted by Crippen LogP contribution is -2.30. The molecule has 1 amide bonds. The van der Waals surface area contributed by atoms with Crippen LogP contribution in [-0.4, -0.2) is 19.1 Å². The molecule has 5 heteroatoms. The van der Waals surface area contributed by atoms with Gasteiger partial charge in [0.25, 0.3) is 5.91 Å². The molecule has 2 rings (SSSR count). The van der Waals surface area contributed by atoms with E-state index in [4.69, 9.17) is 9.47 Å². The standard InChI is InChI=1S/C16H16BrNO3/c1-11(21-13-9-7-12(17)8-10-13)16(19)18-14-5-3-4-6-15(14)20-2/h3-11H,1-2H3,(H,18,19)/t11-/m0/s1. The maximum Gasteiger partial charge on any atom is 0.265 e. The van der Waals surface area contributed by atoms with Crippen molar-refractivity contribution in [3.8, 4) is 11.5 Å². The molecular formula is C16H16BrNO3. The largest absolute Gasteiger partial charge is 0.495 e. The van der Waals surface area contributed by atoms with Gasteiger partial charge in [0.05, 0.1) is 12.8 Å². The molecule has 0 fully saturated rings. The van der Waals surface area contributed by atoms with Crippen LogP contribution in [0.25, 0.3) is 0 Å². The summed E-state index contributed by atoms with van der Waals surface area (Å²) in [5, 5.41) is 2.79. The van der Waals surface area contributed by atoms with Gasteiger partial charge in [-0.3, -0.25) is 4.79 Å². The van der Waals surface area contributed by atoms with E-state index >= 15 is 0 Å². The van der Waals surface area contributed by atoms with E-state index in [1.807, 2.05) is 24.3 Å². The normalized spacial score (nSPS) is 11.6. The van der Waals surface area contributed by atoms with Crippen LogP contribution in [0, 0.1) is 0 Å². The Morgan fingerprint density at radius 2 is 1.81 bits per heavy atom. The molecule has 0 bridgehead atoms. The van der Waals surface area contributed by atoms with Crippen molar-refractivity contribution in [1.29, 1.82) is 0 Å². The minimum absolute atomic E-state index is 0.234. The van der Waals surface area contributed by atoms with Crippen molar-refractivity contribution in [3.05, 3.63) is 53.0 Å². The fraction of sp³-hybridized carbons (Fsp3) is 0.188. The minimum Gasteiger partial charge on any atom is -0.495 e. The Hall–Kier alpha value is -2.01. The molecule has 0 radical (unpaired) electrons. The summed E-state index contributed by atoms with van der Waals surface area (Å²) in [7, 11) is 1.56. The number of rotatable bonds is 5. The third kappa shape index (κ3) is 4.23. The third-order valence-corrected chi connectivity index (χ3v) is 3.39. The van der Waals surface area contributed by atoms with Gasteiger partial charge in [-0.1, -0.05) is 28.1 Å². The Balaban J connectivity index is 2.01. The zero-order valence-electron chi connectivity index (χ0n) is 11.8. The summed E-state index contributed by atoms with van der Waals surface area (Å²) in [5.41, 5.74) is 0.622. The number of hydrogen-bond acceptors (Lipinski definition) is 3. The van der Waals surface area contributed by atoms with Gasteiger partial charge in [0.15, 0.2) is 6.10 Å². The summed E-state index contributed by atoms with van der Waals surface area (Å²) < 4.78 is 11.8. The summed E-state index contributed by atoms with van der Waals surface area (Å²) in [6, 6.07) is 14.6. The fourth-order valence-corrected chi connectivity index (χ4v) is 2.02. The highest BCUT2D eigenvalue weighted by atomic mass is 79.9. The molecule has 0 aliphatic heterocycles. The summed E-state index contributed by atoms with van der Waals surface area (Å²) in [4.78, 5) is 12.2. The number of nitrogens with one attached hydrogen (secondary N) is 1. The molecule has 110 valence electrons. The van der Waals surface area contributed by atoms with E-state index in [0.717, 1.165) is 4.47 Å². The van der Waals surface area contributed by atoms with Crippen molar-refractivity contribution in [3.63, 3.8) is 0 Å². The van der Waals surface area contributed by atoms with Crippen molar-refractivity contribution in [2.24, 2.45) is 0 Å². The zero-order chi connectivity index (χ0) is 15.2. The SMILES string of the molecule is COc1ccccc1NC(=O)[C@H](C)Oc1ccc(Br)cc1. The van der Waals surface area contributed by atoms with Crippen LogP contribution in [0.15, 0.2) is 53.0 Å². The maximum absolute atomic E-state index is 12.2. The van der Waals surface area contributed by atoms with E-state index < -0.39 is 6.10 Å². The number of carbonyl (C=O) groups is 1. The van der Waals surface area contributed by atoms with E-state index in [2.05, 4.69) is 21.2 Å². The average Bonchev–Trinajstić information content (AvgIpc) is 2.50. The van der Waals surface area contributed by atoms with Crippen LogP contribution in [0.3, 0.4) is 0 Å². The van der Waals surface area contributed by atoms with Gasteiger partial charge in [-0.05, 0) is 43.3 Å². The number of para-hydroxylation sites is 2. The third-order valence-electron chi connectivity index (χ3n) is 2.86. The van der Waals surface area contributed by atoms with E-state index in [1.54, 1.807) is 38.3 Å². The molecule has 0 spiro atoms. The molecule has 0 aromatic heterocycles. The highest BCUT2D eigenvalue weighted by Crippen LogP contribution is 2.23. The lowest BCUT2D eigenvalue weighted by molar-refractivity contribution is -0.122. The first kappa shape index (κ1) is 15.4. The predicted molar refractivity (Wildman–Crippen MR) is 85.9 cm³/mol. The second-order valence-electron chi connectivity index (χ2n) is 4.40. The first-order valence-corrected chi connectivity index (χ1v) is 7.25. The van der Waals surface area contributed by atoms with Crippen molar-refractivity contribution in [1.82, 2.24) is 0 Å². The van der Waals surface area contributed by atoms with E-state index in [9.17, 15) is 4.79 Å². The number of anilines is 1. The summed E-state index contributed by atoms with van der Waals surface area (Å²) in [5.74, 6) is 1.02. The average molecular weight is 350 g/mol. The maximum atomic E-state index is 12.2. The molecule has 0 unspecified atom stereocenters. The molecule has 1 N–H and O–H groups in total. The lowest BCUT2D eigenvalue weighted by atomic mass is 10.2. The Morgan fingerprint density at radius 1 is 1.14 bits per heavy atom. The summed E-state index contributed by atoms with van der Waals surface area (Å²) in [6.07, 6.45) is -0.615. The molecule has 0 saturated heterocycles. The van der Waals surface area contributed by atoms with Gasteiger partial charge in [-0.15, -0.1) is 0 Å². The van der Waals surface area contributed by atoms with Crippen molar-refractivity contribution >= 4 is 27.5 Å². The summed E-state index contributed by atoms with van der Waals surface area (Å²) >= 11 is 3.35. The molecule has 0 aliphatic rings. The van der Waals surface area contributed by atoms with E-state index in [0.29, 0.717) is 17.2 Å². The molecule has 0 heterocycles. The first-order chi connectivity index (χ1) is 10.1. The Kier molecular flexibility index (Phi) is 5.22. The van der Waals surface area contributed by atoms with Crippen LogP contribution in [-0.2, 0) is 4.79 Å². The molecule has 0 saturated carbocycles. The second-order valence-corrected chi connectivity index (χ2v) is 5.32. The van der Waals surface area contributed by atoms with E-state index in [-0.39, 0.29) is 5.91 Å². The van der Waals surface area contributed by atoms with Crippen LogP contribution in [0.1, 0.15) is 6.92 Å². The van der Waals surface area contributed by atoms with Crippen molar-refractivity contribution in [2.45, 2.75) is 13.0 Å². The Bertz CT molecular complexity index is 613. The molecule has 4 nitrogen and oxygen atoms in total. The predicted octanol–water partition coefficient (Wildman–Crippen LogP) is 3.86. The van der Waals surface area contributed by atoms with Crippen LogP contribution in [0.2, 0.25) is 0 Å². The van der Waals surface area contributed by atoms with Crippen molar-refractivity contribution in [2.75, 3.05) is 12.4 Å². The van der Waals surface area contributed by atoms with Gasteiger partial charge in [0.1, 0.15) is 11.5 Å². The fourth-order valence-electron chi connectivity index (χ4n) is 1.75. The molecule has 1 atom stereocenters. The van der Waals surface area contributed by atoms with Crippen LogP contribution in [0.4, 0.5) is 5.69 Å². The Labute approximate surface area is 132 Å². The van der Waals surface area contributed by atoms with Gasteiger partial charge in [-0.25, -0.2) is 0 Å². The number of hydrogen-bond donors (Lipinski definition) is 1. The quantitative estimate of drug-likeness (QED) is 0.891. The molecule has 2 aromatic rings. The summed E-state index contributed by atoms with van der Waals surface area (Å²) in [6.45, 7) is 1.70. The van der Waals surface area contributed by atoms with Gasteiger partial charge >= 0.3 is 0 Å². The lowest BCUT2D eigenvalue weighted by Gasteiger charge is -2.16. The number of methoxy groups -OCH3 is 1. The Morgan fingerprint density at radius 3 is 2.48 bits per heavy atom. The first-order valence-electron chi connectivity index (χ1n) is 6.46. The molecule has 2 aromatic carbocycles. The smallest absolute Gasteiger partial charge is 0.265 e. The number of halogens is 1. The van der Waals surface area contributed by atoms with Gasteiger partial charge in [-0.2, -0.15) is 0 Å². The van der Waals surface area contributed by atoms with Crippen LogP contribution >= 0.6 is 15.9 Å². The number of carbonyl (C=O) groups excluding carboxylic acids is 1. The van der Waals surface area contributed by atoms with Gasteiger partial charge in [0, 0.05) is 4.47 Å². The molecule has 0 aliphatic carbocycles. The van der Waals surface area contributed by atoms with Gasteiger partial charge < -0.3 is 14.8 Å². The number of amides is 1. The van der Waals surface area contributed by atoms with E-state index in [1.165, 1.54) is 0 Å². The zero-order valence-corrected chi connectivity index (χ0v) is 13.4. The number of ether oxygens (including phenoxy) is 2. The topological polar surface area (TPSA) is 47.6 Å². The van der Waals surface area contributed by atoms with Crippen LogP contribution < -0.4 is 14.8 Å². The molecular weight excluding hydrogens is 334 g/mol. The molecule has 21 heavy (non-hydrogen) atoms. The van der Waals surface area contributed by atoms with Crippen LogP contribution in [0.5, 0.6) is 11.5 Å². The number of benzene rings is 2. The van der Waals surface area contributed by atoms with Crippen molar-refractivity contribution < 1.29 is 14.3 Å². The minimum atomic E-state index is -0.615.